The molecular formula is C15H22N2O2. The molecule has 0 spiro atoms. The van der Waals surface area contributed by atoms with Crippen LogP contribution < -0.4 is 5.73 Å². The van der Waals surface area contributed by atoms with Crippen molar-refractivity contribution in [3.8, 4) is 0 Å². The molecule has 1 aliphatic heterocycles. The van der Waals surface area contributed by atoms with Crippen LogP contribution in [0.2, 0.25) is 0 Å². The first kappa shape index (κ1) is 13.9. The Morgan fingerprint density at radius 2 is 2.11 bits per heavy atom. The van der Waals surface area contributed by atoms with Crippen molar-refractivity contribution in [2.24, 2.45) is 5.92 Å². The minimum atomic E-state index is 0.0400. The zero-order valence-electron chi connectivity index (χ0n) is 11.7. The standard InChI is InChI=1S/C15H22N2O2/c1-11-3-4-13(9-14(11)16)15(18)17(2)10-12-5-7-19-8-6-12/h3-4,9,12H,5-8,10,16H2,1-2H3. The number of nitrogens with two attached hydrogens (primary N) is 1. The van der Waals surface area contributed by atoms with E-state index in [1.807, 2.05) is 26.1 Å². The lowest BCUT2D eigenvalue weighted by Gasteiger charge is -2.27. The third kappa shape index (κ3) is 3.47. The molecule has 1 saturated heterocycles. The van der Waals surface area contributed by atoms with Gasteiger partial charge in [-0.05, 0) is 43.4 Å². The van der Waals surface area contributed by atoms with Gasteiger partial charge in [-0.2, -0.15) is 0 Å². The van der Waals surface area contributed by atoms with Gasteiger partial charge in [0.1, 0.15) is 0 Å². The van der Waals surface area contributed by atoms with Gasteiger partial charge in [0, 0.05) is 38.1 Å². The van der Waals surface area contributed by atoms with Gasteiger partial charge in [-0.3, -0.25) is 4.79 Å². The molecule has 0 radical (unpaired) electrons. The van der Waals surface area contributed by atoms with Gasteiger partial charge in [-0.25, -0.2) is 0 Å². The molecule has 0 atom stereocenters. The predicted octanol–water partition coefficient (Wildman–Crippen LogP) is 2.08. The Balaban J connectivity index is 1.99. The Hall–Kier alpha value is -1.55. The molecule has 1 fully saturated rings. The van der Waals surface area contributed by atoms with Crippen LogP contribution in [0, 0.1) is 12.8 Å². The molecule has 19 heavy (non-hydrogen) atoms. The lowest BCUT2D eigenvalue weighted by atomic mass is 9.99. The van der Waals surface area contributed by atoms with Gasteiger partial charge in [0.05, 0.1) is 0 Å². The Labute approximate surface area is 114 Å². The van der Waals surface area contributed by atoms with Crippen LogP contribution in [0.4, 0.5) is 5.69 Å². The maximum Gasteiger partial charge on any atom is 0.253 e. The second-order valence-electron chi connectivity index (χ2n) is 5.31. The molecule has 2 rings (SSSR count). The Kier molecular flexibility index (Phi) is 4.43. The molecule has 1 aliphatic rings. The number of hydrogen-bond acceptors (Lipinski definition) is 3. The first-order valence-corrected chi connectivity index (χ1v) is 6.77. The van der Waals surface area contributed by atoms with E-state index in [4.69, 9.17) is 10.5 Å². The fourth-order valence-corrected chi connectivity index (χ4v) is 2.39. The molecule has 0 unspecified atom stereocenters. The van der Waals surface area contributed by atoms with Gasteiger partial charge >= 0.3 is 0 Å². The van der Waals surface area contributed by atoms with Crippen LogP contribution in [0.3, 0.4) is 0 Å². The van der Waals surface area contributed by atoms with E-state index < -0.39 is 0 Å². The maximum absolute atomic E-state index is 12.3. The summed E-state index contributed by atoms with van der Waals surface area (Å²) >= 11 is 0. The summed E-state index contributed by atoms with van der Waals surface area (Å²) in [7, 11) is 1.86. The van der Waals surface area contributed by atoms with Crippen LogP contribution in [0.1, 0.15) is 28.8 Å². The van der Waals surface area contributed by atoms with E-state index in [-0.39, 0.29) is 5.91 Å². The highest BCUT2D eigenvalue weighted by Crippen LogP contribution is 2.18. The van der Waals surface area contributed by atoms with Gasteiger partial charge in [0.2, 0.25) is 0 Å². The summed E-state index contributed by atoms with van der Waals surface area (Å²) in [6, 6.07) is 5.50. The van der Waals surface area contributed by atoms with Gasteiger partial charge in [-0.15, -0.1) is 0 Å². The van der Waals surface area contributed by atoms with Gasteiger partial charge in [0.25, 0.3) is 5.91 Å². The molecular weight excluding hydrogens is 240 g/mol. The molecule has 0 bridgehead atoms. The fourth-order valence-electron chi connectivity index (χ4n) is 2.39. The average molecular weight is 262 g/mol. The lowest BCUT2D eigenvalue weighted by Crippen LogP contribution is -2.34. The molecule has 104 valence electrons. The molecule has 0 saturated carbocycles. The van der Waals surface area contributed by atoms with Gasteiger partial charge in [0.15, 0.2) is 0 Å². The quantitative estimate of drug-likeness (QED) is 0.848. The molecule has 1 aromatic rings. The number of rotatable bonds is 3. The summed E-state index contributed by atoms with van der Waals surface area (Å²) < 4.78 is 5.34. The Bertz CT molecular complexity index is 453. The smallest absolute Gasteiger partial charge is 0.253 e. The van der Waals surface area contributed by atoms with Crippen LogP contribution >= 0.6 is 0 Å². The summed E-state index contributed by atoms with van der Waals surface area (Å²) in [5.41, 5.74) is 8.20. The SMILES string of the molecule is Cc1ccc(C(=O)N(C)CC2CCOCC2)cc1N. The van der Waals surface area contributed by atoms with Crippen molar-refractivity contribution in [2.75, 3.05) is 32.5 Å². The maximum atomic E-state index is 12.3. The molecule has 1 aromatic carbocycles. The number of carbonyl (C=O) groups is 1. The third-order valence-corrected chi connectivity index (χ3v) is 3.75. The molecule has 2 N–H and O–H groups in total. The van der Waals surface area contributed by atoms with Crippen LogP contribution in [0.15, 0.2) is 18.2 Å². The van der Waals surface area contributed by atoms with E-state index >= 15 is 0 Å². The van der Waals surface area contributed by atoms with Gasteiger partial charge < -0.3 is 15.4 Å². The number of ether oxygens (including phenoxy) is 1. The minimum absolute atomic E-state index is 0.0400. The highest BCUT2D eigenvalue weighted by atomic mass is 16.5. The highest BCUT2D eigenvalue weighted by Gasteiger charge is 2.19. The van der Waals surface area contributed by atoms with Crippen LogP contribution in [0.25, 0.3) is 0 Å². The Morgan fingerprint density at radius 3 is 2.74 bits per heavy atom. The van der Waals surface area contributed by atoms with E-state index in [0.29, 0.717) is 17.2 Å². The van der Waals surface area contributed by atoms with E-state index in [1.54, 1.807) is 11.0 Å². The largest absolute Gasteiger partial charge is 0.398 e. The van der Waals surface area contributed by atoms with Crippen molar-refractivity contribution in [3.05, 3.63) is 29.3 Å². The number of carbonyl (C=O) groups excluding carboxylic acids is 1. The van der Waals surface area contributed by atoms with Crippen molar-refractivity contribution < 1.29 is 9.53 Å². The molecule has 4 heteroatoms. The van der Waals surface area contributed by atoms with E-state index in [9.17, 15) is 4.79 Å². The van der Waals surface area contributed by atoms with Crippen LogP contribution in [-0.4, -0.2) is 37.6 Å². The number of benzene rings is 1. The first-order valence-electron chi connectivity index (χ1n) is 6.77. The summed E-state index contributed by atoms with van der Waals surface area (Å²) in [5, 5.41) is 0. The number of hydrogen-bond donors (Lipinski definition) is 1. The molecule has 4 nitrogen and oxygen atoms in total. The molecule has 1 amide bonds. The topological polar surface area (TPSA) is 55.6 Å². The summed E-state index contributed by atoms with van der Waals surface area (Å²) in [6.45, 7) is 4.35. The normalized spacial score (nSPS) is 16.3. The third-order valence-electron chi connectivity index (χ3n) is 3.75. The number of nitrogens with zero attached hydrogens (tertiary/aromatic N) is 1. The second-order valence-corrected chi connectivity index (χ2v) is 5.31. The summed E-state index contributed by atoms with van der Waals surface area (Å²) in [6.07, 6.45) is 2.07. The van der Waals surface area contributed by atoms with Crippen molar-refractivity contribution in [3.63, 3.8) is 0 Å². The van der Waals surface area contributed by atoms with Crippen molar-refractivity contribution in [2.45, 2.75) is 19.8 Å². The van der Waals surface area contributed by atoms with Crippen molar-refractivity contribution in [1.29, 1.82) is 0 Å². The lowest BCUT2D eigenvalue weighted by molar-refractivity contribution is 0.0497. The van der Waals surface area contributed by atoms with Crippen LogP contribution in [0.5, 0.6) is 0 Å². The van der Waals surface area contributed by atoms with Gasteiger partial charge in [-0.1, -0.05) is 6.07 Å². The number of anilines is 1. The molecule has 0 aromatic heterocycles. The van der Waals surface area contributed by atoms with E-state index in [2.05, 4.69) is 0 Å². The number of amides is 1. The van der Waals surface area contributed by atoms with Crippen molar-refractivity contribution in [1.82, 2.24) is 4.90 Å². The summed E-state index contributed by atoms with van der Waals surface area (Å²) in [5.74, 6) is 0.587. The average Bonchev–Trinajstić information content (AvgIpc) is 2.42. The second kappa shape index (κ2) is 6.06. The van der Waals surface area contributed by atoms with Crippen molar-refractivity contribution >= 4 is 11.6 Å². The summed E-state index contributed by atoms with van der Waals surface area (Å²) in [4.78, 5) is 14.1. The van der Waals surface area contributed by atoms with E-state index in [1.165, 1.54) is 0 Å². The van der Waals surface area contributed by atoms with Crippen LogP contribution in [-0.2, 0) is 4.74 Å². The number of aryl methyl sites for hydroxylation is 1. The first-order chi connectivity index (χ1) is 9.08. The highest BCUT2D eigenvalue weighted by molar-refractivity contribution is 5.95. The predicted molar refractivity (Wildman–Crippen MR) is 76.1 cm³/mol. The fraction of sp³-hybridized carbons (Fsp3) is 0.533. The zero-order chi connectivity index (χ0) is 13.8. The van der Waals surface area contributed by atoms with E-state index in [0.717, 1.165) is 38.2 Å². The minimum Gasteiger partial charge on any atom is -0.398 e. The number of nitrogen functional groups attached to an aromatic ring is 1. The Morgan fingerprint density at radius 1 is 1.42 bits per heavy atom. The molecule has 0 aliphatic carbocycles. The molecule has 1 heterocycles. The zero-order valence-corrected chi connectivity index (χ0v) is 11.7. The monoisotopic (exact) mass is 262 g/mol.